The third-order valence-corrected chi connectivity index (χ3v) is 5.55. The molecule has 0 aromatic rings. The van der Waals surface area contributed by atoms with Crippen molar-refractivity contribution in [2.45, 2.75) is 50.5 Å². The van der Waals surface area contributed by atoms with Crippen molar-refractivity contribution in [3.8, 4) is 0 Å². The number of carbonyl (C=O) groups excluding carboxylic acids is 2. The molecule has 1 atom stereocenters. The lowest BCUT2D eigenvalue weighted by Crippen LogP contribution is -2.59. The van der Waals surface area contributed by atoms with Crippen molar-refractivity contribution >= 4 is 11.8 Å². The van der Waals surface area contributed by atoms with Crippen LogP contribution >= 0.6 is 0 Å². The average molecular weight is 323 g/mol. The summed E-state index contributed by atoms with van der Waals surface area (Å²) in [5.74, 6) is 0.176. The zero-order chi connectivity index (χ0) is 16.3. The van der Waals surface area contributed by atoms with Gasteiger partial charge in [-0.15, -0.1) is 0 Å². The number of piperidine rings is 1. The first-order valence-electron chi connectivity index (χ1n) is 9.05. The Morgan fingerprint density at radius 1 is 0.957 bits per heavy atom. The van der Waals surface area contributed by atoms with Crippen LogP contribution in [-0.4, -0.2) is 66.5 Å². The van der Waals surface area contributed by atoms with E-state index in [0.29, 0.717) is 32.8 Å². The van der Waals surface area contributed by atoms with Gasteiger partial charge in [-0.05, 0) is 25.7 Å². The second-order valence-corrected chi connectivity index (χ2v) is 7.24. The summed E-state index contributed by atoms with van der Waals surface area (Å²) in [4.78, 5) is 29.3. The molecule has 3 rings (SSSR count). The predicted octanol–water partition coefficient (Wildman–Crippen LogP) is 0.745. The molecule has 2 N–H and O–H groups in total. The Kier molecular flexibility index (Phi) is 5.21. The van der Waals surface area contributed by atoms with Gasteiger partial charge < -0.3 is 20.3 Å². The van der Waals surface area contributed by atoms with Crippen molar-refractivity contribution in [2.24, 2.45) is 11.7 Å². The Morgan fingerprint density at radius 3 is 2.35 bits per heavy atom. The van der Waals surface area contributed by atoms with E-state index < -0.39 is 5.54 Å². The highest BCUT2D eigenvalue weighted by atomic mass is 16.5. The first kappa shape index (κ1) is 16.7. The summed E-state index contributed by atoms with van der Waals surface area (Å²) in [7, 11) is 0. The molecule has 23 heavy (non-hydrogen) atoms. The quantitative estimate of drug-likeness (QED) is 0.813. The lowest BCUT2D eigenvalue weighted by molar-refractivity contribution is -0.146. The molecule has 1 saturated carbocycles. The lowest BCUT2D eigenvalue weighted by Gasteiger charge is -2.41. The first-order chi connectivity index (χ1) is 11.1. The molecule has 3 aliphatic rings. The molecule has 2 heterocycles. The van der Waals surface area contributed by atoms with Crippen molar-refractivity contribution in [3.05, 3.63) is 0 Å². The smallest absolute Gasteiger partial charge is 0.242 e. The number of morpholine rings is 1. The molecule has 130 valence electrons. The normalized spacial score (nSPS) is 28.5. The van der Waals surface area contributed by atoms with Gasteiger partial charge in [0.15, 0.2) is 0 Å². The van der Waals surface area contributed by atoms with E-state index in [1.54, 1.807) is 0 Å². The van der Waals surface area contributed by atoms with Crippen LogP contribution < -0.4 is 5.73 Å². The molecular formula is C17H29N3O3. The van der Waals surface area contributed by atoms with Gasteiger partial charge in [0.05, 0.1) is 24.7 Å². The minimum absolute atomic E-state index is 0.0664. The fourth-order valence-electron chi connectivity index (χ4n) is 4.12. The Labute approximate surface area is 138 Å². The van der Waals surface area contributed by atoms with Crippen LogP contribution in [0.3, 0.4) is 0 Å². The number of rotatable bonds is 2. The van der Waals surface area contributed by atoms with Crippen LogP contribution in [0, 0.1) is 5.92 Å². The van der Waals surface area contributed by atoms with Crippen molar-refractivity contribution in [1.29, 1.82) is 0 Å². The van der Waals surface area contributed by atoms with Gasteiger partial charge in [0.25, 0.3) is 0 Å². The topological polar surface area (TPSA) is 75.9 Å². The van der Waals surface area contributed by atoms with Crippen molar-refractivity contribution in [3.63, 3.8) is 0 Å². The SMILES string of the molecule is NC1(C(=O)N2CCCC(C(=O)N3CCOCC3)C2)CCCCC1. The maximum Gasteiger partial charge on any atom is 0.242 e. The zero-order valence-electron chi connectivity index (χ0n) is 14.0. The highest BCUT2D eigenvalue weighted by Crippen LogP contribution is 2.30. The third-order valence-electron chi connectivity index (χ3n) is 5.55. The van der Waals surface area contributed by atoms with E-state index in [9.17, 15) is 9.59 Å². The molecule has 2 amide bonds. The summed E-state index contributed by atoms with van der Waals surface area (Å²) >= 11 is 0. The van der Waals surface area contributed by atoms with Crippen LogP contribution in [0.15, 0.2) is 0 Å². The number of likely N-dealkylation sites (tertiary alicyclic amines) is 1. The van der Waals surface area contributed by atoms with Gasteiger partial charge in [0.2, 0.25) is 11.8 Å². The highest BCUT2D eigenvalue weighted by molar-refractivity contribution is 5.87. The van der Waals surface area contributed by atoms with E-state index in [0.717, 1.165) is 45.1 Å². The summed E-state index contributed by atoms with van der Waals surface area (Å²) in [6.07, 6.45) is 6.57. The van der Waals surface area contributed by atoms with E-state index in [2.05, 4.69) is 0 Å². The summed E-state index contributed by atoms with van der Waals surface area (Å²) in [6, 6.07) is 0. The number of amides is 2. The maximum atomic E-state index is 12.9. The van der Waals surface area contributed by atoms with Crippen LogP contribution in [0.25, 0.3) is 0 Å². The monoisotopic (exact) mass is 323 g/mol. The fourth-order valence-corrected chi connectivity index (χ4v) is 4.12. The van der Waals surface area contributed by atoms with Crippen LogP contribution in [0.4, 0.5) is 0 Å². The number of nitrogens with zero attached hydrogens (tertiary/aromatic N) is 2. The van der Waals surface area contributed by atoms with Gasteiger partial charge in [-0.3, -0.25) is 9.59 Å². The summed E-state index contributed by atoms with van der Waals surface area (Å²) in [6.45, 7) is 3.85. The molecule has 6 heteroatoms. The molecule has 6 nitrogen and oxygen atoms in total. The molecule has 1 unspecified atom stereocenters. The second-order valence-electron chi connectivity index (χ2n) is 7.24. The minimum atomic E-state index is -0.692. The molecule has 0 spiro atoms. The number of hydrogen-bond acceptors (Lipinski definition) is 4. The van der Waals surface area contributed by atoms with Crippen LogP contribution in [0.5, 0.6) is 0 Å². The van der Waals surface area contributed by atoms with Gasteiger partial charge in [-0.1, -0.05) is 19.3 Å². The fraction of sp³-hybridized carbons (Fsp3) is 0.882. The Balaban J connectivity index is 1.61. The largest absolute Gasteiger partial charge is 0.378 e. The van der Waals surface area contributed by atoms with Crippen molar-refractivity contribution in [1.82, 2.24) is 9.80 Å². The summed E-state index contributed by atoms with van der Waals surface area (Å²) in [5, 5.41) is 0. The third kappa shape index (κ3) is 3.69. The van der Waals surface area contributed by atoms with Gasteiger partial charge in [-0.2, -0.15) is 0 Å². The van der Waals surface area contributed by atoms with E-state index in [-0.39, 0.29) is 17.7 Å². The standard InChI is InChI=1S/C17H29N3O3/c18-17(6-2-1-3-7-17)16(22)20-8-4-5-14(13-20)15(21)19-9-11-23-12-10-19/h14H,1-13,18H2. The van der Waals surface area contributed by atoms with E-state index in [1.807, 2.05) is 9.80 Å². The first-order valence-corrected chi connectivity index (χ1v) is 9.05. The average Bonchev–Trinajstić information content (AvgIpc) is 2.62. The second kappa shape index (κ2) is 7.18. The molecule has 0 bridgehead atoms. The molecule has 2 aliphatic heterocycles. The molecule has 0 radical (unpaired) electrons. The van der Waals surface area contributed by atoms with E-state index >= 15 is 0 Å². The van der Waals surface area contributed by atoms with Crippen molar-refractivity contribution < 1.29 is 14.3 Å². The molecule has 1 aliphatic carbocycles. The van der Waals surface area contributed by atoms with Crippen LogP contribution in [-0.2, 0) is 14.3 Å². The zero-order valence-corrected chi connectivity index (χ0v) is 14.0. The summed E-state index contributed by atoms with van der Waals surface area (Å²) < 4.78 is 5.31. The van der Waals surface area contributed by atoms with Gasteiger partial charge in [0, 0.05) is 26.2 Å². The lowest BCUT2D eigenvalue weighted by atomic mass is 9.81. The number of carbonyl (C=O) groups is 2. The Hall–Kier alpha value is -1.14. The van der Waals surface area contributed by atoms with Gasteiger partial charge in [0.1, 0.15) is 0 Å². The minimum Gasteiger partial charge on any atom is -0.378 e. The van der Waals surface area contributed by atoms with Crippen LogP contribution in [0.2, 0.25) is 0 Å². The molecule has 2 saturated heterocycles. The highest BCUT2D eigenvalue weighted by Gasteiger charge is 2.41. The Morgan fingerprint density at radius 2 is 1.65 bits per heavy atom. The molecule has 0 aromatic heterocycles. The van der Waals surface area contributed by atoms with Crippen molar-refractivity contribution in [2.75, 3.05) is 39.4 Å². The summed E-state index contributed by atoms with van der Waals surface area (Å²) in [5.41, 5.74) is 5.70. The van der Waals surface area contributed by atoms with Gasteiger partial charge in [-0.25, -0.2) is 0 Å². The van der Waals surface area contributed by atoms with E-state index in [1.165, 1.54) is 6.42 Å². The predicted molar refractivity (Wildman–Crippen MR) is 86.7 cm³/mol. The molecule has 0 aromatic carbocycles. The maximum absolute atomic E-state index is 12.9. The number of ether oxygens (including phenoxy) is 1. The number of hydrogen-bond donors (Lipinski definition) is 1. The van der Waals surface area contributed by atoms with Crippen LogP contribution in [0.1, 0.15) is 44.9 Å². The molecular weight excluding hydrogens is 294 g/mol. The Bertz CT molecular complexity index is 442. The number of nitrogens with two attached hydrogens (primary N) is 1. The molecule has 3 fully saturated rings. The van der Waals surface area contributed by atoms with Gasteiger partial charge >= 0.3 is 0 Å². The van der Waals surface area contributed by atoms with E-state index in [4.69, 9.17) is 10.5 Å².